The second-order valence-electron chi connectivity index (χ2n) is 3.96. The van der Waals surface area contributed by atoms with Crippen LogP contribution in [0, 0.1) is 0 Å². The van der Waals surface area contributed by atoms with Crippen LogP contribution in [0.1, 0.15) is 38.4 Å². The molecule has 108 valence electrons. The molecule has 1 rings (SSSR count). The van der Waals surface area contributed by atoms with E-state index in [0.29, 0.717) is 23.9 Å². The highest BCUT2D eigenvalue weighted by molar-refractivity contribution is 6.29. The summed E-state index contributed by atoms with van der Waals surface area (Å²) in [5.41, 5.74) is 0. The molecule has 1 amide bonds. The number of carbonyl (C=O) groups is 1. The Morgan fingerprint density at radius 1 is 1.63 bits per heavy atom. The normalized spacial score (nSPS) is 9.37. The number of halogens is 1. The molecule has 0 aliphatic heterocycles. The predicted octanol–water partition coefficient (Wildman–Crippen LogP) is 3.25. The lowest BCUT2D eigenvalue weighted by molar-refractivity contribution is -0.109. The summed E-state index contributed by atoms with van der Waals surface area (Å²) >= 11 is 5.52. The van der Waals surface area contributed by atoms with Crippen LogP contribution >= 0.6 is 11.6 Å². The number of aliphatic hydroxyl groups is 1. The molecule has 0 spiro atoms. The fourth-order valence-electron chi connectivity index (χ4n) is 1.21. The standard InChI is InChI=1S/C7H9ClN2O2.C6H12O/c8-7-4-6(12-10-7)2-1-3-9-5-11;1-3-4-5-6(2)7/h4-5H,1-3H2,(H,9,11);7H,2-5H2,1H3. The predicted molar refractivity (Wildman–Crippen MR) is 75.2 cm³/mol. The van der Waals surface area contributed by atoms with Crippen LogP contribution in [0.3, 0.4) is 0 Å². The number of aliphatic hydroxyl groups excluding tert-OH is 1. The SMILES string of the molecule is C=C(O)CCCC.O=CNCCCc1cc(Cl)no1. The highest BCUT2D eigenvalue weighted by Gasteiger charge is 2.00. The number of amides is 1. The molecule has 0 saturated heterocycles. The van der Waals surface area contributed by atoms with Crippen molar-refractivity contribution < 1.29 is 14.4 Å². The minimum absolute atomic E-state index is 0.307. The molecule has 0 fully saturated rings. The first-order valence-corrected chi connectivity index (χ1v) is 6.62. The average molecular weight is 289 g/mol. The van der Waals surface area contributed by atoms with Gasteiger partial charge in [0, 0.05) is 25.5 Å². The summed E-state index contributed by atoms with van der Waals surface area (Å²) in [5, 5.41) is 14.9. The summed E-state index contributed by atoms with van der Waals surface area (Å²) in [6, 6.07) is 1.67. The minimum atomic E-state index is 0.307. The van der Waals surface area contributed by atoms with Crippen LogP contribution in [0.5, 0.6) is 0 Å². The van der Waals surface area contributed by atoms with Gasteiger partial charge in [-0.25, -0.2) is 0 Å². The van der Waals surface area contributed by atoms with Crippen molar-refractivity contribution in [2.75, 3.05) is 6.54 Å². The molecule has 2 N–H and O–H groups in total. The van der Waals surface area contributed by atoms with Gasteiger partial charge in [0.2, 0.25) is 6.41 Å². The van der Waals surface area contributed by atoms with Crippen LogP contribution in [0.4, 0.5) is 0 Å². The van der Waals surface area contributed by atoms with Gasteiger partial charge in [-0.3, -0.25) is 4.79 Å². The summed E-state index contributed by atoms with van der Waals surface area (Å²) < 4.78 is 4.85. The first-order valence-electron chi connectivity index (χ1n) is 6.25. The Kier molecular flexibility index (Phi) is 10.7. The molecule has 1 aromatic rings. The van der Waals surface area contributed by atoms with Crippen LogP contribution in [0.15, 0.2) is 22.9 Å². The van der Waals surface area contributed by atoms with Crippen LogP contribution in [0.25, 0.3) is 0 Å². The third kappa shape index (κ3) is 11.3. The number of hydrogen-bond donors (Lipinski definition) is 2. The Bertz CT molecular complexity index is 367. The number of hydrogen-bond acceptors (Lipinski definition) is 4. The van der Waals surface area contributed by atoms with Crippen molar-refractivity contribution >= 4 is 18.0 Å². The molecule has 0 aromatic carbocycles. The summed E-state index contributed by atoms with van der Waals surface area (Å²) in [4.78, 5) is 9.85. The zero-order valence-electron chi connectivity index (χ0n) is 11.2. The van der Waals surface area contributed by atoms with Crippen molar-refractivity contribution in [1.29, 1.82) is 0 Å². The van der Waals surface area contributed by atoms with E-state index in [2.05, 4.69) is 24.0 Å². The largest absolute Gasteiger partial charge is 0.513 e. The molecule has 19 heavy (non-hydrogen) atoms. The molecule has 0 aliphatic rings. The van der Waals surface area contributed by atoms with Gasteiger partial charge in [-0.1, -0.05) is 36.7 Å². The van der Waals surface area contributed by atoms with Crippen LogP contribution in [-0.4, -0.2) is 23.2 Å². The smallest absolute Gasteiger partial charge is 0.207 e. The lowest BCUT2D eigenvalue weighted by atomic mass is 10.2. The lowest BCUT2D eigenvalue weighted by Crippen LogP contribution is -2.12. The molecule has 0 radical (unpaired) electrons. The number of allylic oxidation sites excluding steroid dienone is 1. The molecule has 0 bridgehead atoms. The Labute approximate surface area is 118 Å². The van der Waals surface area contributed by atoms with E-state index in [4.69, 9.17) is 21.2 Å². The highest BCUT2D eigenvalue weighted by Crippen LogP contribution is 2.09. The van der Waals surface area contributed by atoms with Gasteiger partial charge in [0.15, 0.2) is 5.15 Å². The van der Waals surface area contributed by atoms with Crippen LogP contribution < -0.4 is 5.32 Å². The van der Waals surface area contributed by atoms with E-state index >= 15 is 0 Å². The van der Waals surface area contributed by atoms with E-state index in [9.17, 15) is 4.79 Å². The van der Waals surface area contributed by atoms with Gasteiger partial charge in [0.1, 0.15) is 5.76 Å². The van der Waals surface area contributed by atoms with Gasteiger partial charge in [-0.2, -0.15) is 0 Å². The highest BCUT2D eigenvalue weighted by atomic mass is 35.5. The number of carbonyl (C=O) groups excluding carboxylic acids is 1. The average Bonchev–Trinajstić information content (AvgIpc) is 2.79. The van der Waals surface area contributed by atoms with Crippen molar-refractivity contribution in [2.45, 2.75) is 39.0 Å². The first-order chi connectivity index (χ1) is 9.10. The number of aryl methyl sites for hydroxylation is 1. The zero-order chi connectivity index (χ0) is 14.5. The monoisotopic (exact) mass is 288 g/mol. The van der Waals surface area contributed by atoms with Crippen molar-refractivity contribution in [2.24, 2.45) is 0 Å². The summed E-state index contributed by atoms with van der Waals surface area (Å²) in [6.45, 7) is 6.08. The Balaban J connectivity index is 0.000000399. The van der Waals surface area contributed by atoms with Crippen molar-refractivity contribution in [3.05, 3.63) is 29.3 Å². The first kappa shape index (κ1) is 17.5. The summed E-state index contributed by atoms with van der Waals surface area (Å²) in [5.74, 6) is 1.05. The topological polar surface area (TPSA) is 75.4 Å². The number of unbranched alkanes of at least 4 members (excludes halogenated alkanes) is 1. The van der Waals surface area contributed by atoms with Gasteiger partial charge >= 0.3 is 0 Å². The maximum atomic E-state index is 9.85. The Morgan fingerprint density at radius 3 is 2.79 bits per heavy atom. The minimum Gasteiger partial charge on any atom is -0.513 e. The maximum Gasteiger partial charge on any atom is 0.207 e. The van der Waals surface area contributed by atoms with Gasteiger partial charge in [0.05, 0.1) is 5.76 Å². The number of nitrogens with zero attached hydrogens (tertiary/aromatic N) is 1. The number of aromatic nitrogens is 1. The van der Waals surface area contributed by atoms with Gasteiger partial charge in [-0.05, 0) is 12.8 Å². The Morgan fingerprint density at radius 2 is 2.37 bits per heavy atom. The number of rotatable bonds is 8. The van der Waals surface area contributed by atoms with Crippen molar-refractivity contribution in [3.8, 4) is 0 Å². The van der Waals surface area contributed by atoms with E-state index in [-0.39, 0.29) is 0 Å². The third-order valence-corrected chi connectivity index (χ3v) is 2.35. The second-order valence-corrected chi connectivity index (χ2v) is 4.35. The zero-order valence-corrected chi connectivity index (χ0v) is 11.9. The van der Waals surface area contributed by atoms with E-state index < -0.39 is 0 Å². The molecule has 6 heteroatoms. The molecule has 0 saturated carbocycles. The second kappa shape index (κ2) is 11.6. The van der Waals surface area contributed by atoms with E-state index in [1.54, 1.807) is 6.07 Å². The number of nitrogens with one attached hydrogen (secondary N) is 1. The van der Waals surface area contributed by atoms with Crippen molar-refractivity contribution in [1.82, 2.24) is 10.5 Å². The molecule has 1 heterocycles. The van der Waals surface area contributed by atoms with E-state index in [1.165, 1.54) is 0 Å². The van der Waals surface area contributed by atoms with Crippen LogP contribution in [0.2, 0.25) is 5.15 Å². The van der Waals surface area contributed by atoms with Gasteiger partial charge in [0.25, 0.3) is 0 Å². The summed E-state index contributed by atoms with van der Waals surface area (Å²) in [6.07, 6.45) is 5.17. The fourth-order valence-corrected chi connectivity index (χ4v) is 1.37. The summed E-state index contributed by atoms with van der Waals surface area (Å²) in [7, 11) is 0. The van der Waals surface area contributed by atoms with Crippen LogP contribution in [-0.2, 0) is 11.2 Å². The molecule has 0 aliphatic carbocycles. The Hall–Kier alpha value is -1.49. The fraction of sp³-hybridized carbons (Fsp3) is 0.538. The van der Waals surface area contributed by atoms with E-state index in [0.717, 1.165) is 37.9 Å². The van der Waals surface area contributed by atoms with Gasteiger partial charge in [-0.15, -0.1) is 0 Å². The maximum absolute atomic E-state index is 9.85. The molecule has 0 unspecified atom stereocenters. The van der Waals surface area contributed by atoms with Gasteiger partial charge < -0.3 is 14.9 Å². The van der Waals surface area contributed by atoms with Crippen molar-refractivity contribution in [3.63, 3.8) is 0 Å². The lowest BCUT2D eigenvalue weighted by Gasteiger charge is -1.94. The molecular weight excluding hydrogens is 268 g/mol. The molecule has 0 atom stereocenters. The van der Waals surface area contributed by atoms with E-state index in [1.807, 2.05) is 0 Å². The molecule has 1 aromatic heterocycles. The molecular formula is C13H21ClN2O3. The molecule has 5 nitrogen and oxygen atoms in total. The third-order valence-electron chi connectivity index (χ3n) is 2.18. The quantitative estimate of drug-likeness (QED) is 0.437.